The molecule has 0 atom stereocenters. The number of anilines is 1. The molecule has 0 spiro atoms. The van der Waals surface area contributed by atoms with Gasteiger partial charge in [0.2, 0.25) is 6.41 Å². The Hall–Kier alpha value is -2.11. The van der Waals surface area contributed by atoms with Crippen LogP contribution in [0.25, 0.3) is 0 Å². The molecule has 6 heteroatoms. The van der Waals surface area contributed by atoms with Gasteiger partial charge in [0, 0.05) is 19.6 Å². The molecular weight excluding hydrogens is 275 g/mol. The average molecular weight is 294 g/mol. The Kier molecular flexibility index (Phi) is 5.14. The Balaban J connectivity index is 2.11. The summed E-state index contributed by atoms with van der Waals surface area (Å²) >= 11 is 0. The van der Waals surface area contributed by atoms with E-state index in [0.29, 0.717) is 24.6 Å². The first-order chi connectivity index (χ1) is 10.2. The van der Waals surface area contributed by atoms with Crippen LogP contribution in [0.5, 0.6) is 0 Å². The average Bonchev–Trinajstić information content (AvgIpc) is 2.52. The lowest BCUT2D eigenvalue weighted by molar-refractivity contribution is -0.109. The van der Waals surface area contributed by atoms with Gasteiger partial charge in [0.15, 0.2) is 0 Å². The Labute approximate surface area is 123 Å². The van der Waals surface area contributed by atoms with Crippen LogP contribution in [0.15, 0.2) is 18.2 Å². The zero-order chi connectivity index (χ0) is 15.2. The third-order valence-corrected chi connectivity index (χ3v) is 3.83. The number of nitrogens with one attached hydrogen (secondary N) is 1. The Morgan fingerprint density at radius 1 is 1.48 bits per heavy atom. The molecule has 0 radical (unpaired) electrons. The van der Waals surface area contributed by atoms with Gasteiger partial charge >= 0.3 is 5.97 Å². The molecule has 114 valence electrons. The number of halogens is 1. The van der Waals surface area contributed by atoms with E-state index in [-0.39, 0.29) is 5.56 Å². The second-order valence-corrected chi connectivity index (χ2v) is 5.08. The van der Waals surface area contributed by atoms with E-state index in [4.69, 9.17) is 0 Å². The fourth-order valence-electron chi connectivity index (χ4n) is 2.67. The summed E-state index contributed by atoms with van der Waals surface area (Å²) in [6.07, 6.45) is 2.48. The van der Waals surface area contributed by atoms with Crippen LogP contribution in [-0.2, 0) is 9.53 Å². The standard InChI is InChI=1S/C15H19FN2O3/c1-21-15(20)14-12(16)3-2-4-13(14)18-7-5-11(6-8-18)9-17-10-19/h2-4,10-11H,5-9H2,1H3,(H,17,19). The predicted molar refractivity (Wildman–Crippen MR) is 76.7 cm³/mol. The molecule has 1 aromatic carbocycles. The minimum absolute atomic E-state index is 0.00975. The Morgan fingerprint density at radius 3 is 2.81 bits per heavy atom. The van der Waals surface area contributed by atoms with Gasteiger partial charge < -0.3 is 15.0 Å². The highest BCUT2D eigenvalue weighted by atomic mass is 19.1. The summed E-state index contributed by atoms with van der Waals surface area (Å²) in [5.41, 5.74) is 0.563. The molecule has 1 N–H and O–H groups in total. The SMILES string of the molecule is COC(=O)c1c(F)cccc1N1CCC(CNC=O)CC1. The van der Waals surface area contributed by atoms with E-state index in [1.165, 1.54) is 13.2 Å². The van der Waals surface area contributed by atoms with E-state index in [9.17, 15) is 14.0 Å². The summed E-state index contributed by atoms with van der Waals surface area (Å²) in [5, 5.41) is 2.69. The van der Waals surface area contributed by atoms with Crippen molar-refractivity contribution in [3.63, 3.8) is 0 Å². The number of piperidine rings is 1. The number of esters is 1. The van der Waals surface area contributed by atoms with Crippen LogP contribution in [0.2, 0.25) is 0 Å². The number of methoxy groups -OCH3 is 1. The van der Waals surface area contributed by atoms with Crippen LogP contribution in [0, 0.1) is 11.7 Å². The van der Waals surface area contributed by atoms with Crippen LogP contribution in [0.1, 0.15) is 23.2 Å². The van der Waals surface area contributed by atoms with Crippen molar-refractivity contribution in [3.05, 3.63) is 29.6 Å². The molecule has 1 aliphatic rings. The summed E-state index contributed by atoms with van der Waals surface area (Å²) < 4.78 is 18.6. The van der Waals surface area contributed by atoms with Crippen LogP contribution < -0.4 is 10.2 Å². The third-order valence-electron chi connectivity index (χ3n) is 3.83. The van der Waals surface area contributed by atoms with Gasteiger partial charge in [-0.25, -0.2) is 9.18 Å². The van der Waals surface area contributed by atoms with E-state index < -0.39 is 11.8 Å². The minimum Gasteiger partial charge on any atom is -0.465 e. The van der Waals surface area contributed by atoms with Crippen molar-refractivity contribution in [3.8, 4) is 0 Å². The lowest BCUT2D eigenvalue weighted by Crippen LogP contribution is -2.38. The first kappa shape index (κ1) is 15.3. The molecule has 1 amide bonds. The number of carbonyl (C=O) groups is 2. The van der Waals surface area contributed by atoms with Crippen LogP contribution >= 0.6 is 0 Å². The highest BCUT2D eigenvalue weighted by Crippen LogP contribution is 2.28. The van der Waals surface area contributed by atoms with Crippen molar-refractivity contribution < 1.29 is 18.7 Å². The van der Waals surface area contributed by atoms with Gasteiger partial charge in [0.05, 0.1) is 12.8 Å². The Bertz CT molecular complexity index is 514. The fourth-order valence-corrected chi connectivity index (χ4v) is 2.67. The molecule has 1 aliphatic heterocycles. The van der Waals surface area contributed by atoms with Crippen molar-refractivity contribution >= 4 is 18.1 Å². The van der Waals surface area contributed by atoms with E-state index in [1.807, 2.05) is 4.90 Å². The lowest BCUT2D eigenvalue weighted by Gasteiger charge is -2.34. The van der Waals surface area contributed by atoms with E-state index in [0.717, 1.165) is 25.9 Å². The van der Waals surface area contributed by atoms with Crippen molar-refractivity contribution in [1.82, 2.24) is 5.32 Å². The quantitative estimate of drug-likeness (QED) is 0.661. The molecule has 21 heavy (non-hydrogen) atoms. The molecule has 1 fully saturated rings. The zero-order valence-electron chi connectivity index (χ0n) is 12.0. The van der Waals surface area contributed by atoms with Crippen molar-refractivity contribution in [1.29, 1.82) is 0 Å². The maximum Gasteiger partial charge on any atom is 0.342 e. The minimum atomic E-state index is -0.659. The number of nitrogens with zero attached hydrogens (tertiary/aromatic N) is 1. The van der Waals surface area contributed by atoms with E-state index in [2.05, 4.69) is 10.1 Å². The molecule has 1 saturated heterocycles. The summed E-state index contributed by atoms with van der Waals surface area (Å²) in [6.45, 7) is 2.10. The second kappa shape index (κ2) is 7.06. The number of carbonyl (C=O) groups excluding carboxylic acids is 2. The van der Waals surface area contributed by atoms with Crippen LogP contribution in [0.3, 0.4) is 0 Å². The normalized spacial score (nSPS) is 15.6. The molecule has 0 saturated carbocycles. The molecule has 5 nitrogen and oxygen atoms in total. The van der Waals surface area contributed by atoms with Gasteiger partial charge in [0.1, 0.15) is 11.4 Å². The third kappa shape index (κ3) is 3.51. The van der Waals surface area contributed by atoms with Gasteiger partial charge in [-0.3, -0.25) is 4.79 Å². The highest BCUT2D eigenvalue weighted by molar-refractivity contribution is 5.96. The summed E-state index contributed by atoms with van der Waals surface area (Å²) in [5.74, 6) is -0.807. The molecule has 0 aromatic heterocycles. The highest BCUT2D eigenvalue weighted by Gasteiger charge is 2.25. The Morgan fingerprint density at radius 2 is 2.19 bits per heavy atom. The molecular formula is C15H19FN2O3. The molecule has 2 rings (SSSR count). The maximum absolute atomic E-state index is 13.9. The number of rotatable bonds is 5. The molecule has 0 bridgehead atoms. The number of amides is 1. The van der Waals surface area contributed by atoms with Gasteiger partial charge in [0.25, 0.3) is 0 Å². The lowest BCUT2D eigenvalue weighted by atomic mass is 9.96. The molecule has 1 heterocycles. The van der Waals surface area contributed by atoms with Gasteiger partial charge in [-0.2, -0.15) is 0 Å². The van der Waals surface area contributed by atoms with E-state index in [1.54, 1.807) is 12.1 Å². The number of ether oxygens (including phenoxy) is 1. The monoisotopic (exact) mass is 294 g/mol. The summed E-state index contributed by atoms with van der Waals surface area (Å²) in [7, 11) is 1.25. The summed E-state index contributed by atoms with van der Waals surface area (Å²) in [4.78, 5) is 24.1. The van der Waals surface area contributed by atoms with Crippen molar-refractivity contribution in [2.45, 2.75) is 12.8 Å². The second-order valence-electron chi connectivity index (χ2n) is 5.08. The number of benzene rings is 1. The first-order valence-corrected chi connectivity index (χ1v) is 6.96. The maximum atomic E-state index is 13.9. The van der Waals surface area contributed by atoms with Gasteiger partial charge in [-0.1, -0.05) is 6.07 Å². The number of hydrogen-bond acceptors (Lipinski definition) is 4. The first-order valence-electron chi connectivity index (χ1n) is 6.96. The van der Waals surface area contributed by atoms with Crippen LogP contribution in [0.4, 0.5) is 10.1 Å². The fraction of sp³-hybridized carbons (Fsp3) is 0.467. The predicted octanol–water partition coefficient (Wildman–Crippen LogP) is 1.57. The van der Waals surface area contributed by atoms with Crippen LogP contribution in [-0.4, -0.2) is 39.1 Å². The summed E-state index contributed by atoms with van der Waals surface area (Å²) in [6, 6.07) is 4.59. The zero-order valence-corrected chi connectivity index (χ0v) is 12.0. The molecule has 0 unspecified atom stereocenters. The van der Waals surface area contributed by atoms with E-state index >= 15 is 0 Å². The molecule has 0 aliphatic carbocycles. The largest absolute Gasteiger partial charge is 0.465 e. The smallest absolute Gasteiger partial charge is 0.342 e. The molecule has 1 aromatic rings. The number of hydrogen-bond donors (Lipinski definition) is 1. The topological polar surface area (TPSA) is 58.6 Å². The van der Waals surface area contributed by atoms with Crippen molar-refractivity contribution in [2.75, 3.05) is 31.6 Å². The van der Waals surface area contributed by atoms with Crippen molar-refractivity contribution in [2.24, 2.45) is 5.92 Å². The van der Waals surface area contributed by atoms with Gasteiger partial charge in [-0.15, -0.1) is 0 Å². The van der Waals surface area contributed by atoms with Gasteiger partial charge in [-0.05, 0) is 30.9 Å².